The van der Waals surface area contributed by atoms with Crippen molar-refractivity contribution in [2.45, 2.75) is 75.8 Å². The van der Waals surface area contributed by atoms with Crippen molar-refractivity contribution >= 4 is 5.91 Å². The number of nitrogens with zero attached hydrogens (tertiary/aromatic N) is 1. The Morgan fingerprint density at radius 1 is 1.20 bits per heavy atom. The molecule has 1 amide bonds. The van der Waals surface area contributed by atoms with Crippen LogP contribution in [0.15, 0.2) is 0 Å². The fraction of sp³-hybridized carbons (Fsp3) is 0.938. The van der Waals surface area contributed by atoms with Crippen LogP contribution in [0.4, 0.5) is 0 Å². The van der Waals surface area contributed by atoms with E-state index in [4.69, 9.17) is 5.73 Å². The molecule has 2 aliphatic rings. The Hall–Kier alpha value is -0.610. The van der Waals surface area contributed by atoms with Gasteiger partial charge in [-0.1, -0.05) is 32.1 Å². The second-order valence-corrected chi connectivity index (χ2v) is 6.75. The number of nitrogens with two attached hydrogens (primary N) is 1. The molecule has 4 heteroatoms. The molecule has 2 rings (SSSR count). The van der Waals surface area contributed by atoms with Crippen LogP contribution in [0.2, 0.25) is 0 Å². The molecule has 2 aliphatic carbocycles. The van der Waals surface area contributed by atoms with Crippen molar-refractivity contribution in [1.29, 1.82) is 0 Å². The van der Waals surface area contributed by atoms with Gasteiger partial charge in [0.05, 0.1) is 5.54 Å². The van der Waals surface area contributed by atoms with E-state index in [0.717, 1.165) is 51.2 Å². The van der Waals surface area contributed by atoms with Gasteiger partial charge in [-0.3, -0.25) is 4.79 Å². The maximum absolute atomic E-state index is 12.1. The van der Waals surface area contributed by atoms with Crippen LogP contribution in [0.5, 0.6) is 0 Å². The standard InChI is InChI=1S/C16H31N3O/c1-19(14-8-3-2-4-9-14)13-7-12-18-15(20)16(17)10-5-6-11-16/h14H,2-13,17H2,1H3,(H,18,20). The van der Waals surface area contributed by atoms with Crippen LogP contribution in [0.25, 0.3) is 0 Å². The Bertz CT molecular complexity index is 307. The largest absolute Gasteiger partial charge is 0.354 e. The van der Waals surface area contributed by atoms with Crippen molar-refractivity contribution < 1.29 is 4.79 Å². The highest BCUT2D eigenvalue weighted by Crippen LogP contribution is 2.27. The molecule has 0 heterocycles. The maximum atomic E-state index is 12.1. The summed E-state index contributed by atoms with van der Waals surface area (Å²) in [6.45, 7) is 1.83. The quantitative estimate of drug-likeness (QED) is 0.732. The molecule has 4 nitrogen and oxygen atoms in total. The third-order valence-electron chi connectivity index (χ3n) is 5.12. The predicted octanol–water partition coefficient (Wildman–Crippen LogP) is 2.03. The monoisotopic (exact) mass is 281 g/mol. The van der Waals surface area contributed by atoms with Crippen molar-refractivity contribution in [3.05, 3.63) is 0 Å². The Morgan fingerprint density at radius 3 is 2.50 bits per heavy atom. The SMILES string of the molecule is CN(CCCNC(=O)C1(N)CCCC1)C1CCCCC1. The lowest BCUT2D eigenvalue weighted by Crippen LogP contribution is -2.52. The summed E-state index contributed by atoms with van der Waals surface area (Å²) in [6, 6.07) is 0.759. The summed E-state index contributed by atoms with van der Waals surface area (Å²) in [7, 11) is 2.22. The van der Waals surface area contributed by atoms with Crippen LogP contribution in [0, 0.1) is 0 Å². The Kier molecular flexibility index (Phi) is 5.85. The number of rotatable bonds is 6. The fourth-order valence-electron chi connectivity index (χ4n) is 3.64. The molecule has 0 radical (unpaired) electrons. The lowest BCUT2D eigenvalue weighted by molar-refractivity contribution is -0.126. The Morgan fingerprint density at radius 2 is 1.85 bits per heavy atom. The van der Waals surface area contributed by atoms with E-state index in [0.29, 0.717) is 0 Å². The molecule has 0 unspecified atom stereocenters. The number of hydrogen-bond acceptors (Lipinski definition) is 3. The molecule has 2 saturated carbocycles. The minimum Gasteiger partial charge on any atom is -0.354 e. The molecule has 0 aromatic heterocycles. The minimum absolute atomic E-state index is 0.0651. The van der Waals surface area contributed by atoms with Gasteiger partial charge in [-0.05, 0) is 45.7 Å². The van der Waals surface area contributed by atoms with Crippen LogP contribution < -0.4 is 11.1 Å². The first-order valence-electron chi connectivity index (χ1n) is 8.39. The molecular formula is C16H31N3O. The van der Waals surface area contributed by atoms with Crippen molar-refractivity contribution in [2.75, 3.05) is 20.1 Å². The summed E-state index contributed by atoms with van der Waals surface area (Å²) in [4.78, 5) is 14.5. The van der Waals surface area contributed by atoms with Crippen molar-refractivity contribution in [3.63, 3.8) is 0 Å². The molecule has 0 atom stereocenters. The minimum atomic E-state index is -0.574. The van der Waals surface area contributed by atoms with E-state index in [-0.39, 0.29) is 5.91 Å². The Labute approximate surface area is 123 Å². The highest BCUT2D eigenvalue weighted by molar-refractivity contribution is 5.86. The molecule has 3 N–H and O–H groups in total. The number of amides is 1. The van der Waals surface area contributed by atoms with E-state index in [1.165, 1.54) is 32.1 Å². The highest BCUT2D eigenvalue weighted by Gasteiger charge is 2.36. The average molecular weight is 281 g/mol. The van der Waals surface area contributed by atoms with Gasteiger partial charge >= 0.3 is 0 Å². The zero-order valence-electron chi connectivity index (χ0n) is 13.0. The summed E-state index contributed by atoms with van der Waals surface area (Å²) in [6.07, 6.45) is 11.7. The molecule has 20 heavy (non-hydrogen) atoms. The van der Waals surface area contributed by atoms with Gasteiger partial charge in [0.15, 0.2) is 0 Å². The molecule has 0 spiro atoms. The van der Waals surface area contributed by atoms with Gasteiger partial charge in [-0.15, -0.1) is 0 Å². The van der Waals surface area contributed by atoms with Crippen molar-refractivity contribution in [3.8, 4) is 0 Å². The highest BCUT2D eigenvalue weighted by atomic mass is 16.2. The van der Waals surface area contributed by atoms with E-state index < -0.39 is 5.54 Å². The molecule has 116 valence electrons. The normalized spacial score (nSPS) is 23.1. The molecule has 0 aromatic carbocycles. The van der Waals surface area contributed by atoms with E-state index in [1.807, 2.05) is 0 Å². The van der Waals surface area contributed by atoms with Crippen LogP contribution >= 0.6 is 0 Å². The molecular weight excluding hydrogens is 250 g/mol. The molecule has 2 fully saturated rings. The van der Waals surface area contributed by atoms with Crippen molar-refractivity contribution in [1.82, 2.24) is 10.2 Å². The van der Waals surface area contributed by atoms with Gasteiger partial charge in [0.25, 0.3) is 0 Å². The van der Waals surface area contributed by atoms with Gasteiger partial charge in [0.2, 0.25) is 5.91 Å². The number of hydrogen-bond donors (Lipinski definition) is 2. The zero-order chi connectivity index (χ0) is 14.4. The van der Waals surface area contributed by atoms with Gasteiger partial charge in [0, 0.05) is 12.6 Å². The molecule has 0 aliphatic heterocycles. The van der Waals surface area contributed by atoms with E-state index in [2.05, 4.69) is 17.3 Å². The van der Waals surface area contributed by atoms with Gasteiger partial charge in [-0.25, -0.2) is 0 Å². The third-order valence-corrected chi connectivity index (χ3v) is 5.12. The van der Waals surface area contributed by atoms with E-state index in [1.54, 1.807) is 0 Å². The van der Waals surface area contributed by atoms with Crippen LogP contribution in [0.3, 0.4) is 0 Å². The van der Waals surface area contributed by atoms with Gasteiger partial charge in [-0.2, -0.15) is 0 Å². The van der Waals surface area contributed by atoms with Crippen molar-refractivity contribution in [2.24, 2.45) is 5.73 Å². The number of nitrogens with one attached hydrogen (secondary N) is 1. The second kappa shape index (κ2) is 7.41. The topological polar surface area (TPSA) is 58.4 Å². The molecule has 0 aromatic rings. The molecule has 0 saturated heterocycles. The first kappa shape index (κ1) is 15.8. The van der Waals surface area contributed by atoms with Crippen LogP contribution in [-0.2, 0) is 4.79 Å². The summed E-state index contributed by atoms with van der Waals surface area (Å²) in [5.41, 5.74) is 5.56. The zero-order valence-corrected chi connectivity index (χ0v) is 13.0. The summed E-state index contributed by atoms with van der Waals surface area (Å²) in [5.74, 6) is 0.0651. The second-order valence-electron chi connectivity index (χ2n) is 6.75. The van der Waals surface area contributed by atoms with E-state index in [9.17, 15) is 4.79 Å². The smallest absolute Gasteiger partial charge is 0.240 e. The number of carbonyl (C=O) groups excluding carboxylic acids is 1. The summed E-state index contributed by atoms with van der Waals surface area (Å²) < 4.78 is 0. The number of carbonyl (C=O) groups is 1. The van der Waals surface area contributed by atoms with Crippen LogP contribution in [0.1, 0.15) is 64.2 Å². The summed E-state index contributed by atoms with van der Waals surface area (Å²) in [5, 5.41) is 3.03. The first-order valence-corrected chi connectivity index (χ1v) is 8.39. The Balaban J connectivity index is 1.59. The van der Waals surface area contributed by atoms with E-state index >= 15 is 0 Å². The first-order chi connectivity index (χ1) is 9.62. The fourth-order valence-corrected chi connectivity index (χ4v) is 3.64. The lowest BCUT2D eigenvalue weighted by Gasteiger charge is -2.31. The molecule has 0 bridgehead atoms. The van der Waals surface area contributed by atoms with Crippen LogP contribution in [-0.4, -0.2) is 42.5 Å². The average Bonchev–Trinajstić information content (AvgIpc) is 2.92. The summed E-state index contributed by atoms with van der Waals surface area (Å²) >= 11 is 0. The predicted molar refractivity (Wildman–Crippen MR) is 82.5 cm³/mol. The van der Waals surface area contributed by atoms with Gasteiger partial charge < -0.3 is 16.0 Å². The lowest BCUT2D eigenvalue weighted by atomic mass is 9.94. The maximum Gasteiger partial charge on any atom is 0.240 e. The van der Waals surface area contributed by atoms with Gasteiger partial charge in [0.1, 0.15) is 0 Å². The third kappa shape index (κ3) is 4.19.